The summed E-state index contributed by atoms with van der Waals surface area (Å²) < 4.78 is 28.3. The SMILES string of the molecule is CCCCCS(=O)(=O)NC(=O)c1ccc2nc(C)n(Cc3ccc(Cl)cc3C)c2n1. The molecule has 0 atom stereocenters. The third-order valence-corrected chi connectivity index (χ3v) is 6.47. The van der Waals surface area contributed by atoms with E-state index in [0.29, 0.717) is 29.2 Å². The van der Waals surface area contributed by atoms with Crippen LogP contribution in [-0.4, -0.2) is 34.6 Å². The Hall–Kier alpha value is -2.45. The van der Waals surface area contributed by atoms with Crippen LogP contribution >= 0.6 is 11.6 Å². The summed E-state index contributed by atoms with van der Waals surface area (Å²) >= 11 is 6.05. The molecule has 160 valence electrons. The number of unbranched alkanes of at least 4 members (excludes halogenated alkanes) is 2. The molecule has 0 spiro atoms. The van der Waals surface area contributed by atoms with Crippen LogP contribution in [0.25, 0.3) is 11.2 Å². The molecule has 9 heteroatoms. The van der Waals surface area contributed by atoms with Crippen molar-refractivity contribution in [3.8, 4) is 0 Å². The number of fused-ring (bicyclic) bond motifs is 1. The standard InChI is InChI=1S/C21H25ClN4O3S/c1-4-5-6-11-30(28,29)25-21(27)19-10-9-18-20(24-19)26(15(3)23-18)13-16-7-8-17(22)12-14(16)2/h7-10,12H,4-6,11,13H2,1-3H3,(H,25,27). The molecule has 7 nitrogen and oxygen atoms in total. The number of amides is 1. The largest absolute Gasteiger partial charge is 0.308 e. The van der Waals surface area contributed by atoms with Gasteiger partial charge in [-0.1, -0.05) is 37.4 Å². The lowest BCUT2D eigenvalue weighted by molar-refractivity contribution is 0.0977. The van der Waals surface area contributed by atoms with Crippen LogP contribution < -0.4 is 4.72 Å². The lowest BCUT2D eigenvalue weighted by atomic mass is 10.1. The zero-order valence-electron chi connectivity index (χ0n) is 17.3. The number of pyridine rings is 1. The number of imidazole rings is 1. The van der Waals surface area contributed by atoms with E-state index in [-0.39, 0.29) is 11.4 Å². The van der Waals surface area contributed by atoms with Crippen molar-refractivity contribution in [2.75, 3.05) is 5.75 Å². The predicted molar refractivity (Wildman–Crippen MR) is 118 cm³/mol. The third kappa shape index (κ3) is 5.17. The Morgan fingerprint density at radius 1 is 1.13 bits per heavy atom. The zero-order chi connectivity index (χ0) is 21.9. The molecule has 0 saturated carbocycles. The number of halogens is 1. The minimum atomic E-state index is -3.69. The summed E-state index contributed by atoms with van der Waals surface area (Å²) in [5.41, 5.74) is 3.29. The van der Waals surface area contributed by atoms with Gasteiger partial charge in [0.05, 0.1) is 12.3 Å². The minimum Gasteiger partial charge on any atom is -0.308 e. The summed E-state index contributed by atoms with van der Waals surface area (Å²) in [7, 11) is -3.69. The summed E-state index contributed by atoms with van der Waals surface area (Å²) in [6.07, 6.45) is 2.21. The summed E-state index contributed by atoms with van der Waals surface area (Å²) in [6.45, 7) is 6.34. The summed E-state index contributed by atoms with van der Waals surface area (Å²) in [5.74, 6) is -0.0695. The Morgan fingerprint density at radius 2 is 1.90 bits per heavy atom. The fraction of sp³-hybridized carbons (Fsp3) is 0.381. The number of aryl methyl sites for hydroxylation is 2. The lowest BCUT2D eigenvalue weighted by Crippen LogP contribution is -2.33. The number of aromatic nitrogens is 3. The predicted octanol–water partition coefficient (Wildman–Crippen LogP) is 4.00. The van der Waals surface area contributed by atoms with Crippen LogP contribution in [0.1, 0.15) is 53.6 Å². The van der Waals surface area contributed by atoms with E-state index in [9.17, 15) is 13.2 Å². The van der Waals surface area contributed by atoms with Crippen LogP contribution in [0.15, 0.2) is 30.3 Å². The summed E-state index contributed by atoms with van der Waals surface area (Å²) in [6, 6.07) is 8.83. The van der Waals surface area contributed by atoms with Crippen molar-refractivity contribution >= 4 is 38.7 Å². The van der Waals surface area contributed by atoms with Crippen molar-refractivity contribution in [1.82, 2.24) is 19.3 Å². The highest BCUT2D eigenvalue weighted by Crippen LogP contribution is 2.20. The molecule has 0 bridgehead atoms. The molecule has 2 heterocycles. The lowest BCUT2D eigenvalue weighted by Gasteiger charge is -2.10. The van der Waals surface area contributed by atoms with Crippen LogP contribution in [0.2, 0.25) is 5.02 Å². The first kappa shape index (κ1) is 22.2. The highest BCUT2D eigenvalue weighted by Gasteiger charge is 2.19. The topological polar surface area (TPSA) is 94.0 Å². The molecule has 2 aromatic heterocycles. The highest BCUT2D eigenvalue weighted by atomic mass is 35.5. The van der Waals surface area contributed by atoms with Crippen LogP contribution in [0.4, 0.5) is 0 Å². The van der Waals surface area contributed by atoms with Gasteiger partial charge in [0.2, 0.25) is 10.0 Å². The average molecular weight is 449 g/mol. The van der Waals surface area contributed by atoms with Gasteiger partial charge >= 0.3 is 0 Å². The maximum absolute atomic E-state index is 12.5. The number of rotatable bonds is 8. The maximum atomic E-state index is 12.5. The Labute approximate surface area is 181 Å². The number of nitrogens with zero attached hydrogens (tertiary/aromatic N) is 3. The van der Waals surface area contributed by atoms with Crippen molar-refractivity contribution in [3.05, 3.63) is 58.0 Å². The number of hydrogen-bond donors (Lipinski definition) is 1. The Morgan fingerprint density at radius 3 is 2.60 bits per heavy atom. The van der Waals surface area contributed by atoms with Crippen molar-refractivity contribution in [2.24, 2.45) is 0 Å². The molecule has 0 aliphatic heterocycles. The summed E-state index contributed by atoms with van der Waals surface area (Å²) in [4.78, 5) is 21.4. The molecular formula is C21H25ClN4O3S. The second-order valence-electron chi connectivity index (χ2n) is 7.31. The molecule has 0 radical (unpaired) electrons. The van der Waals surface area contributed by atoms with Gasteiger partial charge in [-0.15, -0.1) is 0 Å². The van der Waals surface area contributed by atoms with Gasteiger partial charge in [0.15, 0.2) is 5.65 Å². The fourth-order valence-corrected chi connectivity index (χ4v) is 4.52. The van der Waals surface area contributed by atoms with Gasteiger partial charge in [-0.05, 0) is 55.7 Å². The van der Waals surface area contributed by atoms with E-state index in [1.54, 1.807) is 6.07 Å². The average Bonchev–Trinajstić information content (AvgIpc) is 2.98. The van der Waals surface area contributed by atoms with E-state index < -0.39 is 15.9 Å². The number of sulfonamides is 1. The van der Waals surface area contributed by atoms with E-state index in [1.807, 2.05) is 43.5 Å². The van der Waals surface area contributed by atoms with Crippen LogP contribution in [0.5, 0.6) is 0 Å². The molecule has 3 rings (SSSR count). The first-order valence-electron chi connectivity index (χ1n) is 9.84. The van der Waals surface area contributed by atoms with Crippen molar-refractivity contribution in [2.45, 2.75) is 46.6 Å². The van der Waals surface area contributed by atoms with Gasteiger partial charge < -0.3 is 4.57 Å². The first-order valence-corrected chi connectivity index (χ1v) is 11.9. The molecule has 0 aliphatic carbocycles. The monoisotopic (exact) mass is 448 g/mol. The summed E-state index contributed by atoms with van der Waals surface area (Å²) in [5, 5.41) is 0.667. The zero-order valence-corrected chi connectivity index (χ0v) is 18.8. The van der Waals surface area contributed by atoms with E-state index in [1.165, 1.54) is 6.07 Å². The highest BCUT2D eigenvalue weighted by molar-refractivity contribution is 7.90. The second-order valence-corrected chi connectivity index (χ2v) is 9.59. The van der Waals surface area contributed by atoms with Crippen molar-refractivity contribution in [1.29, 1.82) is 0 Å². The molecule has 0 saturated heterocycles. The Balaban J connectivity index is 1.88. The first-order chi connectivity index (χ1) is 14.2. The number of nitrogens with one attached hydrogen (secondary N) is 1. The van der Waals surface area contributed by atoms with Gasteiger partial charge in [0, 0.05) is 5.02 Å². The quantitative estimate of drug-likeness (QED) is 0.525. The molecule has 1 N–H and O–H groups in total. The smallest absolute Gasteiger partial charge is 0.283 e. The minimum absolute atomic E-state index is 0.0375. The fourth-order valence-electron chi connectivity index (χ4n) is 3.22. The normalized spacial score (nSPS) is 11.7. The second kappa shape index (κ2) is 9.14. The van der Waals surface area contributed by atoms with Crippen LogP contribution in [0, 0.1) is 13.8 Å². The molecule has 0 fully saturated rings. The Bertz CT molecular complexity index is 1190. The number of carbonyl (C=O) groups is 1. The molecule has 30 heavy (non-hydrogen) atoms. The van der Waals surface area contributed by atoms with E-state index in [2.05, 4.69) is 14.7 Å². The van der Waals surface area contributed by atoms with E-state index in [0.717, 1.165) is 29.8 Å². The molecule has 3 aromatic rings. The molecule has 0 unspecified atom stereocenters. The van der Waals surface area contributed by atoms with Crippen molar-refractivity contribution in [3.63, 3.8) is 0 Å². The van der Waals surface area contributed by atoms with E-state index in [4.69, 9.17) is 11.6 Å². The number of benzene rings is 1. The van der Waals surface area contributed by atoms with Gasteiger partial charge in [0.1, 0.15) is 17.0 Å². The van der Waals surface area contributed by atoms with Crippen LogP contribution in [0.3, 0.4) is 0 Å². The van der Waals surface area contributed by atoms with Gasteiger partial charge in [-0.25, -0.2) is 23.1 Å². The molecule has 1 amide bonds. The van der Waals surface area contributed by atoms with E-state index >= 15 is 0 Å². The van der Waals surface area contributed by atoms with Crippen LogP contribution in [-0.2, 0) is 16.6 Å². The van der Waals surface area contributed by atoms with Crippen molar-refractivity contribution < 1.29 is 13.2 Å². The molecular weight excluding hydrogens is 424 g/mol. The Kier molecular flexibility index (Phi) is 6.77. The maximum Gasteiger partial charge on any atom is 0.283 e. The number of carbonyl (C=O) groups excluding carboxylic acids is 1. The van der Waals surface area contributed by atoms with Gasteiger partial charge in [-0.2, -0.15) is 0 Å². The number of hydrogen-bond acceptors (Lipinski definition) is 5. The molecule has 0 aliphatic rings. The molecule has 1 aromatic carbocycles. The van der Waals surface area contributed by atoms with Gasteiger partial charge in [-0.3, -0.25) is 4.79 Å². The third-order valence-electron chi connectivity index (χ3n) is 4.91. The van der Waals surface area contributed by atoms with Gasteiger partial charge in [0.25, 0.3) is 5.91 Å².